The number of aliphatic hydroxyl groups is 1. The van der Waals surface area contributed by atoms with Crippen LogP contribution in [0, 0.1) is 6.92 Å². The van der Waals surface area contributed by atoms with Crippen molar-refractivity contribution in [1.29, 1.82) is 0 Å². The second-order valence-electron chi connectivity index (χ2n) is 4.10. The number of hydrogen-bond acceptors (Lipinski definition) is 4. The average molecular weight is 244 g/mol. The molecule has 0 amide bonds. The third-order valence-corrected chi connectivity index (χ3v) is 2.67. The Hall–Kier alpha value is -2.07. The van der Waals surface area contributed by atoms with E-state index in [-0.39, 0.29) is 6.61 Å². The summed E-state index contributed by atoms with van der Waals surface area (Å²) in [5.74, 6) is 1.24. The molecule has 0 spiro atoms. The highest BCUT2D eigenvalue weighted by Crippen LogP contribution is 2.22. The van der Waals surface area contributed by atoms with Gasteiger partial charge < -0.3 is 15.6 Å². The smallest absolute Gasteiger partial charge is 0.219 e. The molecule has 1 heterocycles. The lowest BCUT2D eigenvalue weighted by atomic mass is 10.1. The lowest BCUT2D eigenvalue weighted by molar-refractivity contribution is 0.299. The number of nitrogens with two attached hydrogens (primary N) is 1. The van der Waals surface area contributed by atoms with Crippen molar-refractivity contribution in [3.63, 3.8) is 0 Å². The minimum absolute atomic E-state index is 0.152. The van der Waals surface area contributed by atoms with Crippen LogP contribution in [0.25, 0.3) is 0 Å². The van der Waals surface area contributed by atoms with Crippen LogP contribution < -0.4 is 10.5 Å². The van der Waals surface area contributed by atoms with Crippen molar-refractivity contribution in [2.24, 2.45) is 0 Å². The number of nitrogen functional groups attached to an aromatic ring is 1. The van der Waals surface area contributed by atoms with Crippen LogP contribution in [0.4, 0.5) is 5.69 Å². The molecule has 0 saturated heterocycles. The molecule has 0 fully saturated rings. The summed E-state index contributed by atoms with van der Waals surface area (Å²) >= 11 is 0. The molecule has 0 radical (unpaired) electrons. The van der Waals surface area contributed by atoms with Crippen molar-refractivity contribution in [2.45, 2.75) is 13.3 Å². The molecule has 0 aliphatic rings. The fraction of sp³-hybridized carbons (Fsp3) is 0.214. The quantitative estimate of drug-likeness (QED) is 0.866. The van der Waals surface area contributed by atoms with Crippen LogP contribution in [0.5, 0.6) is 11.6 Å². The number of nitrogens with zero attached hydrogens (tertiary/aromatic N) is 1. The Balaban J connectivity index is 2.10. The minimum atomic E-state index is 0.152. The summed E-state index contributed by atoms with van der Waals surface area (Å²) in [4.78, 5) is 4.11. The Morgan fingerprint density at radius 2 is 2.00 bits per heavy atom. The highest BCUT2D eigenvalue weighted by molar-refractivity contribution is 5.46. The van der Waals surface area contributed by atoms with Gasteiger partial charge in [-0.2, -0.15) is 0 Å². The van der Waals surface area contributed by atoms with E-state index in [9.17, 15) is 0 Å². The number of aromatic nitrogens is 1. The summed E-state index contributed by atoms with van der Waals surface area (Å²) in [6.45, 7) is 2.06. The average Bonchev–Trinajstić information content (AvgIpc) is 2.37. The van der Waals surface area contributed by atoms with E-state index >= 15 is 0 Å². The fourth-order valence-corrected chi connectivity index (χ4v) is 1.57. The van der Waals surface area contributed by atoms with E-state index in [1.165, 1.54) is 0 Å². The molecule has 4 heteroatoms. The molecule has 0 bridgehead atoms. The summed E-state index contributed by atoms with van der Waals surface area (Å²) in [6, 6.07) is 9.37. The van der Waals surface area contributed by atoms with Gasteiger partial charge in [0.1, 0.15) is 5.75 Å². The molecule has 94 valence electrons. The summed E-state index contributed by atoms with van der Waals surface area (Å²) in [7, 11) is 0. The molecule has 0 atom stereocenters. The monoisotopic (exact) mass is 244 g/mol. The number of aliphatic hydroxyl groups excluding tert-OH is 1. The Bertz CT molecular complexity index is 524. The van der Waals surface area contributed by atoms with Gasteiger partial charge in [-0.25, -0.2) is 4.98 Å². The van der Waals surface area contributed by atoms with Gasteiger partial charge in [0, 0.05) is 12.7 Å². The SMILES string of the molecule is Cc1cc(Oc2ccc(CCO)cc2)ncc1N. The molecule has 2 rings (SSSR count). The predicted octanol–water partition coefficient (Wildman–Crippen LogP) is 2.30. The normalized spacial score (nSPS) is 10.3. The lowest BCUT2D eigenvalue weighted by Crippen LogP contribution is -1.94. The first-order chi connectivity index (χ1) is 8.69. The van der Waals surface area contributed by atoms with Crippen LogP contribution in [-0.4, -0.2) is 16.7 Å². The molecular formula is C14H16N2O2. The van der Waals surface area contributed by atoms with Crippen molar-refractivity contribution in [3.8, 4) is 11.6 Å². The highest BCUT2D eigenvalue weighted by atomic mass is 16.5. The number of hydrogen-bond donors (Lipinski definition) is 2. The lowest BCUT2D eigenvalue weighted by Gasteiger charge is -2.07. The second-order valence-corrected chi connectivity index (χ2v) is 4.10. The first-order valence-corrected chi connectivity index (χ1v) is 5.79. The molecular weight excluding hydrogens is 228 g/mol. The maximum Gasteiger partial charge on any atom is 0.219 e. The molecule has 0 saturated carbocycles. The second kappa shape index (κ2) is 5.51. The zero-order chi connectivity index (χ0) is 13.0. The van der Waals surface area contributed by atoms with Gasteiger partial charge in [-0.1, -0.05) is 12.1 Å². The first-order valence-electron chi connectivity index (χ1n) is 5.79. The van der Waals surface area contributed by atoms with Crippen LogP contribution in [0.3, 0.4) is 0 Å². The van der Waals surface area contributed by atoms with Crippen LogP contribution in [0.2, 0.25) is 0 Å². The largest absolute Gasteiger partial charge is 0.439 e. The molecule has 4 nitrogen and oxygen atoms in total. The number of aryl methyl sites for hydroxylation is 1. The van der Waals surface area contributed by atoms with Crippen LogP contribution >= 0.6 is 0 Å². The maximum atomic E-state index is 8.83. The van der Waals surface area contributed by atoms with Gasteiger partial charge >= 0.3 is 0 Å². The third kappa shape index (κ3) is 2.99. The van der Waals surface area contributed by atoms with E-state index in [0.29, 0.717) is 23.7 Å². The van der Waals surface area contributed by atoms with Gasteiger partial charge in [-0.3, -0.25) is 0 Å². The number of rotatable bonds is 4. The number of ether oxygens (including phenoxy) is 1. The number of benzene rings is 1. The van der Waals surface area contributed by atoms with E-state index < -0.39 is 0 Å². The molecule has 18 heavy (non-hydrogen) atoms. The summed E-state index contributed by atoms with van der Waals surface area (Å²) in [5.41, 5.74) is 8.36. The van der Waals surface area contributed by atoms with Crippen molar-refractivity contribution >= 4 is 5.69 Å². The van der Waals surface area contributed by atoms with Gasteiger partial charge in [0.05, 0.1) is 11.9 Å². The van der Waals surface area contributed by atoms with Crippen molar-refractivity contribution in [3.05, 3.63) is 47.7 Å². The van der Waals surface area contributed by atoms with Crippen LogP contribution in [0.15, 0.2) is 36.5 Å². The highest BCUT2D eigenvalue weighted by Gasteiger charge is 2.01. The van der Waals surface area contributed by atoms with E-state index in [2.05, 4.69) is 4.98 Å². The summed E-state index contributed by atoms with van der Waals surface area (Å²) in [5, 5.41) is 8.83. The molecule has 0 unspecified atom stereocenters. The molecule has 2 aromatic rings. The standard InChI is InChI=1S/C14H16N2O2/c1-10-8-14(16-9-13(10)15)18-12-4-2-11(3-5-12)6-7-17/h2-5,8-9,17H,6-7,15H2,1H3. The maximum absolute atomic E-state index is 8.83. The van der Waals surface area contributed by atoms with Gasteiger partial charge in [0.25, 0.3) is 0 Å². The zero-order valence-corrected chi connectivity index (χ0v) is 10.3. The molecule has 0 aliphatic heterocycles. The summed E-state index contributed by atoms with van der Waals surface area (Å²) < 4.78 is 5.62. The van der Waals surface area contributed by atoms with Crippen molar-refractivity contribution in [1.82, 2.24) is 4.98 Å². The fourth-order valence-electron chi connectivity index (χ4n) is 1.57. The molecule has 1 aromatic carbocycles. The zero-order valence-electron chi connectivity index (χ0n) is 10.3. The van der Waals surface area contributed by atoms with Crippen molar-refractivity contribution in [2.75, 3.05) is 12.3 Å². The Morgan fingerprint density at radius 3 is 2.61 bits per heavy atom. The Labute approximate surface area is 106 Å². The topological polar surface area (TPSA) is 68.4 Å². The van der Waals surface area contributed by atoms with Gasteiger partial charge in [0.15, 0.2) is 0 Å². The minimum Gasteiger partial charge on any atom is -0.439 e. The molecule has 3 N–H and O–H groups in total. The van der Waals surface area contributed by atoms with Crippen LogP contribution in [-0.2, 0) is 6.42 Å². The van der Waals surface area contributed by atoms with Gasteiger partial charge in [0.2, 0.25) is 5.88 Å². The Kier molecular flexibility index (Phi) is 3.79. The summed E-state index contributed by atoms with van der Waals surface area (Å²) in [6.07, 6.45) is 2.24. The molecule has 0 aliphatic carbocycles. The Morgan fingerprint density at radius 1 is 1.28 bits per heavy atom. The predicted molar refractivity (Wildman–Crippen MR) is 70.7 cm³/mol. The first kappa shape index (κ1) is 12.4. The van der Waals surface area contributed by atoms with E-state index in [4.69, 9.17) is 15.6 Å². The van der Waals surface area contributed by atoms with Crippen molar-refractivity contribution < 1.29 is 9.84 Å². The van der Waals surface area contributed by atoms with Gasteiger partial charge in [-0.15, -0.1) is 0 Å². The third-order valence-electron chi connectivity index (χ3n) is 2.67. The number of pyridine rings is 1. The van der Waals surface area contributed by atoms with E-state index in [1.807, 2.05) is 31.2 Å². The number of anilines is 1. The van der Waals surface area contributed by atoms with Crippen LogP contribution in [0.1, 0.15) is 11.1 Å². The van der Waals surface area contributed by atoms with E-state index in [0.717, 1.165) is 11.1 Å². The van der Waals surface area contributed by atoms with Gasteiger partial charge in [-0.05, 0) is 36.6 Å². The van der Waals surface area contributed by atoms with E-state index in [1.54, 1.807) is 12.3 Å². The molecule has 1 aromatic heterocycles.